The Morgan fingerprint density at radius 2 is 1.92 bits per heavy atom. The first-order valence-corrected chi connectivity index (χ1v) is 10.1. The van der Waals surface area contributed by atoms with Gasteiger partial charge in [-0.2, -0.15) is 0 Å². The van der Waals surface area contributed by atoms with Crippen molar-refractivity contribution >= 4 is 16.0 Å². The average molecular weight is 378 g/mol. The molecule has 2 rings (SSSR count). The minimum atomic E-state index is -3.36. The molecule has 0 bridgehead atoms. The summed E-state index contributed by atoms with van der Waals surface area (Å²) in [6.07, 6.45) is 1.99. The van der Waals surface area contributed by atoms with E-state index in [4.69, 9.17) is 0 Å². The highest BCUT2D eigenvalue weighted by Gasteiger charge is 2.12. The quantitative estimate of drug-likeness (QED) is 0.534. The number of hydrogen-bond acceptors (Lipinski definition) is 3. The van der Waals surface area contributed by atoms with Gasteiger partial charge < -0.3 is 14.8 Å². The molecule has 0 radical (unpaired) electrons. The van der Waals surface area contributed by atoms with Gasteiger partial charge in [-0.1, -0.05) is 30.3 Å². The third-order valence-electron chi connectivity index (χ3n) is 4.02. The summed E-state index contributed by atoms with van der Waals surface area (Å²) in [5, 5.41) is 3.10. The van der Waals surface area contributed by atoms with E-state index in [0.29, 0.717) is 19.0 Å². The summed E-state index contributed by atoms with van der Waals surface area (Å²) in [5.41, 5.74) is 2.08. The van der Waals surface area contributed by atoms with Crippen LogP contribution in [-0.4, -0.2) is 50.2 Å². The van der Waals surface area contributed by atoms with Crippen molar-refractivity contribution in [1.29, 1.82) is 0 Å². The van der Waals surface area contributed by atoms with Gasteiger partial charge in [0.1, 0.15) is 0 Å². The van der Waals surface area contributed by atoms with Crippen LogP contribution in [0.25, 0.3) is 0 Å². The van der Waals surface area contributed by atoms with E-state index in [1.165, 1.54) is 0 Å². The van der Waals surface area contributed by atoms with Crippen LogP contribution >= 0.6 is 0 Å². The van der Waals surface area contributed by atoms with Crippen molar-refractivity contribution in [3.05, 3.63) is 59.9 Å². The molecule has 0 unspecified atom stereocenters. The molecule has 0 saturated heterocycles. The van der Waals surface area contributed by atoms with E-state index in [9.17, 15) is 8.42 Å². The zero-order chi connectivity index (χ0) is 19.0. The third-order valence-corrected chi connectivity index (χ3v) is 5.34. The average Bonchev–Trinajstić information content (AvgIpc) is 3.02. The maximum atomic E-state index is 12.1. The van der Waals surface area contributed by atoms with E-state index in [1.807, 2.05) is 72.2 Å². The minimum Gasteiger partial charge on any atom is -0.355 e. The van der Waals surface area contributed by atoms with Gasteiger partial charge in [0.2, 0.25) is 10.0 Å². The molecule has 2 N–H and O–H groups in total. The van der Waals surface area contributed by atoms with E-state index < -0.39 is 10.0 Å². The Morgan fingerprint density at radius 3 is 2.54 bits per heavy atom. The highest BCUT2D eigenvalue weighted by molar-refractivity contribution is 7.89. The van der Waals surface area contributed by atoms with Gasteiger partial charge >= 0.3 is 0 Å². The molecule has 7 nitrogen and oxygen atoms in total. The molecular weight excluding hydrogens is 350 g/mol. The van der Waals surface area contributed by atoms with Crippen molar-refractivity contribution in [3.8, 4) is 0 Å². The van der Waals surface area contributed by atoms with Gasteiger partial charge in [0.25, 0.3) is 0 Å². The zero-order valence-electron chi connectivity index (χ0n) is 15.5. The molecule has 0 aliphatic rings. The monoisotopic (exact) mass is 377 g/mol. The van der Waals surface area contributed by atoms with Crippen molar-refractivity contribution in [3.63, 3.8) is 0 Å². The molecule has 0 aliphatic carbocycles. The molecule has 0 saturated carbocycles. The van der Waals surface area contributed by atoms with Gasteiger partial charge in [-0.25, -0.2) is 13.1 Å². The SMILES string of the molecule is CN=C(NCCS(=O)(=O)NCc1ccccc1)N(C)Cc1cccn1C. The summed E-state index contributed by atoms with van der Waals surface area (Å²) in [4.78, 5) is 6.18. The lowest BCUT2D eigenvalue weighted by molar-refractivity contribution is 0.463. The second-order valence-electron chi connectivity index (χ2n) is 6.07. The molecule has 0 fully saturated rings. The molecule has 142 valence electrons. The van der Waals surface area contributed by atoms with Gasteiger partial charge in [0, 0.05) is 46.1 Å². The molecule has 0 aliphatic heterocycles. The van der Waals surface area contributed by atoms with Crippen molar-refractivity contribution < 1.29 is 8.42 Å². The topological polar surface area (TPSA) is 78.7 Å². The first-order chi connectivity index (χ1) is 12.4. The molecule has 2 aromatic rings. The van der Waals surface area contributed by atoms with Crippen molar-refractivity contribution in [2.24, 2.45) is 12.0 Å². The largest absolute Gasteiger partial charge is 0.355 e. The first-order valence-electron chi connectivity index (χ1n) is 8.44. The number of benzene rings is 1. The van der Waals surface area contributed by atoms with E-state index in [2.05, 4.69) is 15.0 Å². The summed E-state index contributed by atoms with van der Waals surface area (Å²) in [6, 6.07) is 13.5. The van der Waals surface area contributed by atoms with E-state index in [0.717, 1.165) is 11.3 Å². The van der Waals surface area contributed by atoms with Crippen LogP contribution in [0, 0.1) is 0 Å². The van der Waals surface area contributed by atoms with Crippen LogP contribution in [0.1, 0.15) is 11.3 Å². The fraction of sp³-hybridized carbons (Fsp3) is 0.389. The number of sulfonamides is 1. The molecule has 0 spiro atoms. The number of nitrogens with zero attached hydrogens (tertiary/aromatic N) is 3. The predicted molar refractivity (Wildman–Crippen MR) is 105 cm³/mol. The van der Waals surface area contributed by atoms with Crippen molar-refractivity contribution in [1.82, 2.24) is 19.5 Å². The molecule has 1 aromatic heterocycles. The molecule has 8 heteroatoms. The van der Waals surface area contributed by atoms with Crippen LogP contribution in [0.4, 0.5) is 0 Å². The Morgan fingerprint density at radius 1 is 1.19 bits per heavy atom. The van der Waals surface area contributed by atoms with E-state index in [1.54, 1.807) is 7.05 Å². The van der Waals surface area contributed by atoms with Crippen LogP contribution in [0.5, 0.6) is 0 Å². The van der Waals surface area contributed by atoms with Gasteiger partial charge in [-0.15, -0.1) is 0 Å². The smallest absolute Gasteiger partial charge is 0.213 e. The lowest BCUT2D eigenvalue weighted by Gasteiger charge is -2.22. The predicted octanol–water partition coefficient (Wildman–Crippen LogP) is 1.15. The molecule has 26 heavy (non-hydrogen) atoms. The summed E-state index contributed by atoms with van der Waals surface area (Å²) in [7, 11) is 2.24. The lowest BCUT2D eigenvalue weighted by atomic mass is 10.2. The maximum absolute atomic E-state index is 12.1. The lowest BCUT2D eigenvalue weighted by Crippen LogP contribution is -2.42. The number of aryl methyl sites for hydroxylation is 1. The number of nitrogens with one attached hydrogen (secondary N) is 2. The second-order valence-corrected chi connectivity index (χ2v) is 7.99. The van der Waals surface area contributed by atoms with Gasteiger partial charge in [-0.05, 0) is 17.7 Å². The second kappa shape index (κ2) is 9.40. The molecule has 1 heterocycles. The Balaban J connectivity index is 1.79. The normalized spacial score (nSPS) is 12.2. The number of aromatic nitrogens is 1. The Hall–Kier alpha value is -2.32. The summed E-state index contributed by atoms with van der Waals surface area (Å²) >= 11 is 0. The van der Waals surface area contributed by atoms with E-state index in [-0.39, 0.29) is 12.3 Å². The number of rotatable bonds is 8. The Kier molecular flexibility index (Phi) is 7.23. The fourth-order valence-corrected chi connectivity index (χ4v) is 3.42. The maximum Gasteiger partial charge on any atom is 0.213 e. The minimum absolute atomic E-state index is 0.0170. The van der Waals surface area contributed by atoms with Crippen molar-refractivity contribution in [2.45, 2.75) is 13.1 Å². The zero-order valence-corrected chi connectivity index (χ0v) is 16.3. The van der Waals surface area contributed by atoms with Crippen LogP contribution in [0.2, 0.25) is 0 Å². The van der Waals surface area contributed by atoms with Crippen LogP contribution < -0.4 is 10.0 Å². The number of guanidine groups is 1. The summed E-state index contributed by atoms with van der Waals surface area (Å²) in [6.45, 7) is 1.27. The molecule has 1 aromatic carbocycles. The van der Waals surface area contributed by atoms with Gasteiger partial charge in [-0.3, -0.25) is 4.99 Å². The molecular formula is C18H27N5O2S. The standard InChI is InChI=1S/C18H27N5O2S/c1-19-18(23(3)15-17-10-7-12-22(17)2)20-11-13-26(24,25)21-14-16-8-5-4-6-9-16/h4-10,12,21H,11,13-15H2,1-3H3,(H,19,20). The van der Waals surface area contributed by atoms with Crippen LogP contribution in [0.15, 0.2) is 53.7 Å². The third kappa shape index (κ3) is 6.20. The Labute approximate surface area is 155 Å². The number of aliphatic imine (C=N–C) groups is 1. The molecule has 0 amide bonds. The molecule has 0 atom stereocenters. The van der Waals surface area contributed by atoms with Crippen LogP contribution in [-0.2, 0) is 30.2 Å². The Bertz CT molecular complexity index is 815. The van der Waals surface area contributed by atoms with Gasteiger partial charge in [0.15, 0.2) is 5.96 Å². The highest BCUT2D eigenvalue weighted by Crippen LogP contribution is 2.03. The number of hydrogen-bond donors (Lipinski definition) is 2. The van der Waals surface area contributed by atoms with Crippen LogP contribution in [0.3, 0.4) is 0 Å². The first kappa shape index (κ1) is 20.0. The highest BCUT2D eigenvalue weighted by atomic mass is 32.2. The summed E-state index contributed by atoms with van der Waals surface area (Å²) in [5.74, 6) is 0.640. The summed E-state index contributed by atoms with van der Waals surface area (Å²) < 4.78 is 28.9. The fourth-order valence-electron chi connectivity index (χ4n) is 2.52. The van der Waals surface area contributed by atoms with E-state index >= 15 is 0 Å². The van der Waals surface area contributed by atoms with Gasteiger partial charge in [0.05, 0.1) is 12.3 Å². The van der Waals surface area contributed by atoms with Crippen molar-refractivity contribution in [2.75, 3.05) is 26.4 Å².